The smallest absolute Gasteiger partial charge is 0.330 e. The van der Waals surface area contributed by atoms with E-state index in [0.29, 0.717) is 19.3 Å². The summed E-state index contributed by atoms with van der Waals surface area (Å²) in [4.78, 5) is 69.2. The zero-order chi connectivity index (χ0) is 26.8. The normalized spacial score (nSPS) is 23.2. The molecule has 0 bridgehead atoms. The monoisotopic (exact) mass is 506 g/mol. The van der Waals surface area contributed by atoms with Gasteiger partial charge in [0, 0.05) is 20.2 Å². The first-order valence-electron chi connectivity index (χ1n) is 12.4. The van der Waals surface area contributed by atoms with Crippen molar-refractivity contribution in [2.45, 2.75) is 71.9 Å². The lowest BCUT2D eigenvalue weighted by molar-refractivity contribution is -0.137. The van der Waals surface area contributed by atoms with E-state index in [1.807, 2.05) is 13.8 Å². The van der Waals surface area contributed by atoms with Crippen molar-refractivity contribution in [1.29, 1.82) is 0 Å². The van der Waals surface area contributed by atoms with Crippen LogP contribution in [0.3, 0.4) is 0 Å². The second-order valence-electron chi connectivity index (χ2n) is 10.8. The molecule has 1 aliphatic carbocycles. The maximum absolute atomic E-state index is 13.5. The zero-order valence-corrected chi connectivity index (χ0v) is 21.8. The molecule has 1 saturated carbocycles. The molecule has 1 aromatic heterocycles. The number of nitrogens with one attached hydrogen (secondary N) is 2. The minimum absolute atomic E-state index is 0.0621. The van der Waals surface area contributed by atoms with Crippen molar-refractivity contribution < 1.29 is 19.1 Å². The van der Waals surface area contributed by atoms with Crippen LogP contribution in [-0.4, -0.2) is 64.6 Å². The highest BCUT2D eigenvalue weighted by molar-refractivity contribution is 6.10. The molecule has 4 amide bonds. The summed E-state index contributed by atoms with van der Waals surface area (Å²) in [5.74, 6) is -1.07. The van der Waals surface area contributed by atoms with E-state index >= 15 is 0 Å². The number of ether oxygens (including phenoxy) is 1. The summed E-state index contributed by atoms with van der Waals surface area (Å²) in [6.45, 7) is 7.81. The van der Waals surface area contributed by atoms with E-state index < -0.39 is 41.2 Å². The van der Waals surface area contributed by atoms with Gasteiger partial charge in [0.25, 0.3) is 11.5 Å². The summed E-state index contributed by atoms with van der Waals surface area (Å²) in [5, 5.41) is 2.85. The number of imide groups is 1. The molecule has 200 valence electrons. The number of hydrogen-bond acceptors (Lipinski definition) is 7. The second kappa shape index (κ2) is 10.5. The largest absolute Gasteiger partial charge is 0.383 e. The predicted octanol–water partition coefficient (Wildman–Crippen LogP) is 1.04. The first kappa shape index (κ1) is 27.4. The van der Waals surface area contributed by atoms with Gasteiger partial charge in [0.2, 0.25) is 5.91 Å². The summed E-state index contributed by atoms with van der Waals surface area (Å²) in [7, 11) is 1.44. The molecule has 0 radical (unpaired) electrons. The fourth-order valence-electron chi connectivity index (χ4n) is 5.79. The fourth-order valence-corrected chi connectivity index (χ4v) is 5.79. The minimum Gasteiger partial charge on any atom is -0.383 e. The molecule has 12 nitrogen and oxygen atoms in total. The number of carbonyl (C=O) groups excluding carboxylic acids is 3. The number of methoxy groups -OCH3 is 1. The quantitative estimate of drug-likeness (QED) is 0.422. The van der Waals surface area contributed by atoms with Crippen molar-refractivity contribution in [3.63, 3.8) is 0 Å². The van der Waals surface area contributed by atoms with Gasteiger partial charge in [-0.3, -0.25) is 28.8 Å². The molecule has 1 spiro atoms. The number of hydrogen-bond donors (Lipinski definition) is 3. The number of nitrogen functional groups attached to an aromatic ring is 1. The first-order chi connectivity index (χ1) is 16.9. The zero-order valence-electron chi connectivity index (χ0n) is 21.8. The number of rotatable bonds is 9. The van der Waals surface area contributed by atoms with Crippen molar-refractivity contribution in [1.82, 2.24) is 19.8 Å². The lowest BCUT2D eigenvalue weighted by Crippen LogP contribution is -2.54. The van der Waals surface area contributed by atoms with Gasteiger partial charge in [-0.2, -0.15) is 0 Å². The highest BCUT2D eigenvalue weighted by Gasteiger charge is 2.56. The van der Waals surface area contributed by atoms with Crippen LogP contribution < -0.4 is 27.2 Å². The van der Waals surface area contributed by atoms with E-state index in [9.17, 15) is 24.0 Å². The van der Waals surface area contributed by atoms with Crippen molar-refractivity contribution in [2.24, 2.45) is 11.3 Å². The number of aromatic amines is 1. The first-order valence-corrected chi connectivity index (χ1v) is 12.4. The molecule has 2 atom stereocenters. The van der Waals surface area contributed by atoms with Gasteiger partial charge in [0.1, 0.15) is 17.9 Å². The van der Waals surface area contributed by atoms with Crippen molar-refractivity contribution in [3.05, 3.63) is 20.8 Å². The third-order valence-corrected chi connectivity index (χ3v) is 6.96. The molecule has 0 aromatic carbocycles. The van der Waals surface area contributed by atoms with Crippen molar-refractivity contribution >= 4 is 29.4 Å². The molecular weight excluding hydrogens is 468 g/mol. The van der Waals surface area contributed by atoms with E-state index in [1.165, 1.54) is 11.7 Å². The Labute approximate surface area is 210 Å². The van der Waals surface area contributed by atoms with Gasteiger partial charge in [-0.1, -0.05) is 34.1 Å². The van der Waals surface area contributed by atoms with Crippen LogP contribution >= 0.6 is 0 Å². The molecule has 4 N–H and O–H groups in total. The van der Waals surface area contributed by atoms with Gasteiger partial charge in [-0.05, 0) is 37.0 Å². The minimum atomic E-state index is -1.06. The Morgan fingerprint density at radius 3 is 2.53 bits per heavy atom. The summed E-state index contributed by atoms with van der Waals surface area (Å²) in [6.07, 6.45) is 3.32. The molecule has 2 fully saturated rings. The van der Waals surface area contributed by atoms with E-state index in [-0.39, 0.29) is 42.5 Å². The summed E-state index contributed by atoms with van der Waals surface area (Å²) < 4.78 is 6.31. The second-order valence-corrected chi connectivity index (χ2v) is 10.8. The number of H-pyrrole nitrogens is 1. The average Bonchev–Trinajstić information content (AvgIpc) is 2.97. The molecule has 1 aromatic rings. The number of nitrogens with zero attached hydrogens (tertiary/aromatic N) is 3. The lowest BCUT2D eigenvalue weighted by atomic mass is 9.64. The Balaban J connectivity index is 1.93. The number of anilines is 2. The number of amides is 4. The van der Waals surface area contributed by atoms with Crippen molar-refractivity contribution in [3.8, 4) is 0 Å². The highest BCUT2D eigenvalue weighted by Crippen LogP contribution is 2.46. The molecular formula is C24H38N6O6. The van der Waals surface area contributed by atoms with Gasteiger partial charge in [-0.15, -0.1) is 0 Å². The summed E-state index contributed by atoms with van der Waals surface area (Å²) in [5.41, 5.74) is 3.29. The number of urea groups is 1. The van der Waals surface area contributed by atoms with Gasteiger partial charge in [0.15, 0.2) is 5.69 Å². The third kappa shape index (κ3) is 5.32. The van der Waals surface area contributed by atoms with Crippen LogP contribution in [-0.2, 0) is 20.9 Å². The molecule has 12 heteroatoms. The molecule has 1 saturated heterocycles. The van der Waals surface area contributed by atoms with Gasteiger partial charge in [-0.25, -0.2) is 9.59 Å². The lowest BCUT2D eigenvalue weighted by Gasteiger charge is -2.43. The van der Waals surface area contributed by atoms with Crippen LogP contribution in [0.1, 0.15) is 59.8 Å². The van der Waals surface area contributed by atoms with E-state index in [4.69, 9.17) is 10.5 Å². The van der Waals surface area contributed by atoms with Crippen LogP contribution in [0.5, 0.6) is 0 Å². The van der Waals surface area contributed by atoms with E-state index in [2.05, 4.69) is 24.1 Å². The maximum atomic E-state index is 13.5. The van der Waals surface area contributed by atoms with Crippen LogP contribution in [0.2, 0.25) is 0 Å². The maximum Gasteiger partial charge on any atom is 0.330 e. The van der Waals surface area contributed by atoms with Gasteiger partial charge in [0.05, 0.1) is 6.61 Å². The number of unbranched alkanes of at least 4 members (excludes halogenated alkanes) is 1. The molecule has 36 heavy (non-hydrogen) atoms. The SMILES string of the molecule is CCCCn1c(N)c(N(CCOC)C(=O)CN2C(=O)N[C@@]3(C[C@@H](C)CC(C)(C)C3)C2=O)c(=O)[nH]c1=O. The third-order valence-electron chi connectivity index (χ3n) is 6.96. The Hall–Kier alpha value is -3.15. The Morgan fingerprint density at radius 1 is 1.22 bits per heavy atom. The van der Waals surface area contributed by atoms with Crippen LogP contribution in [0.15, 0.2) is 9.59 Å². The Bertz CT molecular complexity index is 1140. The standard InChI is InChI=1S/C24H38N6O6/c1-6-7-8-29-18(25)17(19(32)26-21(29)34)28(9-10-36-5)16(31)13-30-20(33)24(27-22(30)35)12-15(2)11-23(3,4)14-24/h15H,6-14,25H2,1-5H3,(H,27,35)(H,26,32,34)/t15-,24+/m0/s1. The molecule has 2 heterocycles. The number of aromatic nitrogens is 2. The highest BCUT2D eigenvalue weighted by atomic mass is 16.5. The summed E-state index contributed by atoms with van der Waals surface area (Å²) >= 11 is 0. The van der Waals surface area contributed by atoms with Gasteiger partial charge < -0.3 is 20.7 Å². The molecule has 1 aliphatic heterocycles. The Kier molecular flexibility index (Phi) is 7.97. The average molecular weight is 507 g/mol. The van der Waals surface area contributed by atoms with E-state index in [0.717, 1.165) is 22.6 Å². The molecule has 2 aliphatic rings. The van der Waals surface area contributed by atoms with Crippen LogP contribution in [0.4, 0.5) is 16.3 Å². The fraction of sp³-hybridized carbons (Fsp3) is 0.708. The van der Waals surface area contributed by atoms with Gasteiger partial charge >= 0.3 is 11.7 Å². The van der Waals surface area contributed by atoms with E-state index in [1.54, 1.807) is 0 Å². The van der Waals surface area contributed by atoms with Crippen LogP contribution in [0.25, 0.3) is 0 Å². The number of carbonyl (C=O) groups is 3. The van der Waals surface area contributed by atoms with Crippen molar-refractivity contribution in [2.75, 3.05) is 37.4 Å². The topological polar surface area (TPSA) is 160 Å². The molecule has 0 unspecified atom stereocenters. The number of nitrogens with two attached hydrogens (primary N) is 1. The summed E-state index contributed by atoms with van der Waals surface area (Å²) in [6, 6.07) is -0.639. The Morgan fingerprint density at radius 2 is 1.92 bits per heavy atom. The predicted molar refractivity (Wildman–Crippen MR) is 135 cm³/mol. The molecule has 3 rings (SSSR count). The van der Waals surface area contributed by atoms with Crippen LogP contribution in [0, 0.1) is 11.3 Å².